The Kier molecular flexibility index (Phi) is 4.66. The molecule has 0 unspecified atom stereocenters. The summed E-state index contributed by atoms with van der Waals surface area (Å²) < 4.78 is 0. The van der Waals surface area contributed by atoms with Gasteiger partial charge in [-0.15, -0.1) is 0 Å². The van der Waals surface area contributed by atoms with E-state index in [2.05, 4.69) is 0 Å². The molecule has 2 N–H and O–H groups in total. The van der Waals surface area contributed by atoms with E-state index in [4.69, 9.17) is 41.2 Å². The van der Waals surface area contributed by atoms with E-state index in [1.54, 1.807) is 6.07 Å². The first-order chi connectivity index (χ1) is 6.59. The van der Waals surface area contributed by atoms with Crippen LogP contribution in [0.1, 0.15) is 18.4 Å². The lowest BCUT2D eigenvalue weighted by Gasteiger charge is -2.03. The van der Waals surface area contributed by atoms with Crippen LogP contribution in [0.25, 0.3) is 0 Å². The van der Waals surface area contributed by atoms with Gasteiger partial charge in [-0.1, -0.05) is 41.5 Å². The summed E-state index contributed by atoms with van der Waals surface area (Å²) in [6, 6.07) is 5.52. The van der Waals surface area contributed by atoms with Gasteiger partial charge in [0.15, 0.2) is 0 Å². The molecule has 4 heteroatoms. The van der Waals surface area contributed by atoms with Crippen molar-refractivity contribution in [2.75, 3.05) is 0 Å². The largest absolute Gasteiger partial charge is 0.393 e. The van der Waals surface area contributed by atoms with Crippen LogP contribution in [-0.2, 0) is 6.42 Å². The van der Waals surface area contributed by atoms with Gasteiger partial charge in [-0.25, -0.2) is 0 Å². The van der Waals surface area contributed by atoms with Crippen molar-refractivity contribution >= 4 is 40.4 Å². The molecule has 0 saturated heterocycles. The molecule has 0 fully saturated rings. The molecule has 0 radical (unpaired) electrons. The minimum absolute atomic E-state index is 0.551. The number of aryl methyl sites for hydroxylation is 1. The molecule has 0 amide bonds. The molecule has 0 spiro atoms. The van der Waals surface area contributed by atoms with Crippen LogP contribution in [-0.4, -0.2) is 4.99 Å². The van der Waals surface area contributed by atoms with Crippen molar-refractivity contribution in [1.82, 2.24) is 0 Å². The molecule has 1 aromatic rings. The molecule has 0 saturated carbocycles. The first-order valence-corrected chi connectivity index (χ1v) is 5.48. The third-order valence-electron chi connectivity index (χ3n) is 1.88. The predicted octanol–water partition coefficient (Wildman–Crippen LogP) is 3.60. The van der Waals surface area contributed by atoms with Gasteiger partial charge >= 0.3 is 0 Å². The maximum Gasteiger partial charge on any atom is 0.0727 e. The van der Waals surface area contributed by atoms with E-state index >= 15 is 0 Å². The molecule has 0 aliphatic rings. The molecule has 0 bridgehead atoms. The first-order valence-electron chi connectivity index (χ1n) is 4.32. The van der Waals surface area contributed by atoms with E-state index in [0.717, 1.165) is 24.8 Å². The molecule has 0 heterocycles. The van der Waals surface area contributed by atoms with Crippen LogP contribution in [0.2, 0.25) is 10.0 Å². The Morgan fingerprint density at radius 2 is 2.07 bits per heavy atom. The predicted molar refractivity (Wildman–Crippen MR) is 66.2 cm³/mol. The van der Waals surface area contributed by atoms with Gasteiger partial charge in [-0.3, -0.25) is 0 Å². The number of benzene rings is 1. The average molecular weight is 248 g/mol. The molecule has 1 rings (SSSR count). The summed E-state index contributed by atoms with van der Waals surface area (Å²) in [5.74, 6) is 0. The van der Waals surface area contributed by atoms with Gasteiger partial charge < -0.3 is 5.73 Å². The monoisotopic (exact) mass is 247 g/mol. The second-order valence-electron chi connectivity index (χ2n) is 3.06. The smallest absolute Gasteiger partial charge is 0.0727 e. The molecule has 0 atom stereocenters. The molecule has 14 heavy (non-hydrogen) atoms. The van der Waals surface area contributed by atoms with Gasteiger partial charge in [0.1, 0.15) is 0 Å². The van der Waals surface area contributed by atoms with Gasteiger partial charge in [-0.2, -0.15) is 0 Å². The fourth-order valence-electron chi connectivity index (χ4n) is 1.18. The van der Waals surface area contributed by atoms with Crippen LogP contribution in [0.5, 0.6) is 0 Å². The first kappa shape index (κ1) is 11.8. The molecule has 0 aliphatic heterocycles. The number of rotatable bonds is 4. The summed E-state index contributed by atoms with van der Waals surface area (Å²) in [7, 11) is 0. The molecular weight excluding hydrogens is 237 g/mol. The Balaban J connectivity index is 2.55. The van der Waals surface area contributed by atoms with Gasteiger partial charge in [0, 0.05) is 10.0 Å². The van der Waals surface area contributed by atoms with Crippen molar-refractivity contribution < 1.29 is 0 Å². The Bertz CT molecular complexity index is 339. The highest BCUT2D eigenvalue weighted by Crippen LogP contribution is 2.22. The normalized spacial score (nSPS) is 10.1. The summed E-state index contributed by atoms with van der Waals surface area (Å²) in [5.41, 5.74) is 6.49. The second kappa shape index (κ2) is 5.54. The topological polar surface area (TPSA) is 26.0 Å². The van der Waals surface area contributed by atoms with Crippen LogP contribution in [0.15, 0.2) is 18.2 Å². The zero-order valence-corrected chi connectivity index (χ0v) is 9.92. The average Bonchev–Trinajstić information content (AvgIpc) is 2.08. The minimum atomic E-state index is 0.551. The van der Waals surface area contributed by atoms with Crippen molar-refractivity contribution in [3.05, 3.63) is 33.8 Å². The van der Waals surface area contributed by atoms with Crippen LogP contribution in [0, 0.1) is 0 Å². The van der Waals surface area contributed by atoms with Crippen LogP contribution >= 0.6 is 35.4 Å². The number of hydrogen-bond acceptors (Lipinski definition) is 1. The Morgan fingerprint density at radius 3 is 2.64 bits per heavy atom. The van der Waals surface area contributed by atoms with Gasteiger partial charge in [0.25, 0.3) is 0 Å². The molecule has 1 nitrogen and oxygen atoms in total. The highest BCUT2D eigenvalue weighted by molar-refractivity contribution is 7.80. The number of hydrogen-bond donors (Lipinski definition) is 1. The van der Waals surface area contributed by atoms with E-state index in [9.17, 15) is 0 Å². The summed E-state index contributed by atoms with van der Waals surface area (Å²) in [6.07, 6.45) is 2.57. The maximum absolute atomic E-state index is 6.00. The molecule has 0 aliphatic carbocycles. The lowest BCUT2D eigenvalue weighted by Crippen LogP contribution is -2.07. The third kappa shape index (κ3) is 3.82. The van der Waals surface area contributed by atoms with Crippen molar-refractivity contribution in [3.8, 4) is 0 Å². The number of halogens is 2. The van der Waals surface area contributed by atoms with Crippen molar-refractivity contribution in [1.29, 1.82) is 0 Å². The van der Waals surface area contributed by atoms with Gasteiger partial charge in [0.2, 0.25) is 0 Å². The quantitative estimate of drug-likeness (QED) is 0.824. The highest BCUT2D eigenvalue weighted by Gasteiger charge is 2.01. The standard InChI is InChI=1S/C10H11Cl2NS/c11-8-5-4-7(9(12)6-8)2-1-3-10(13)14/h4-6H,1-3H2,(H2,13,14). The van der Waals surface area contributed by atoms with E-state index in [1.807, 2.05) is 12.1 Å². The van der Waals surface area contributed by atoms with Gasteiger partial charge in [0.05, 0.1) is 4.99 Å². The Morgan fingerprint density at radius 1 is 1.36 bits per heavy atom. The van der Waals surface area contributed by atoms with E-state index in [0.29, 0.717) is 15.0 Å². The highest BCUT2D eigenvalue weighted by atomic mass is 35.5. The lowest BCUT2D eigenvalue weighted by molar-refractivity contribution is 0.868. The van der Waals surface area contributed by atoms with Crippen molar-refractivity contribution in [2.24, 2.45) is 5.73 Å². The minimum Gasteiger partial charge on any atom is -0.393 e. The zero-order valence-electron chi connectivity index (χ0n) is 7.59. The van der Waals surface area contributed by atoms with Crippen molar-refractivity contribution in [2.45, 2.75) is 19.3 Å². The third-order valence-corrected chi connectivity index (χ3v) is 2.68. The van der Waals surface area contributed by atoms with E-state index < -0.39 is 0 Å². The van der Waals surface area contributed by atoms with Crippen molar-refractivity contribution in [3.63, 3.8) is 0 Å². The SMILES string of the molecule is NC(=S)CCCc1ccc(Cl)cc1Cl. The number of thiocarbonyl (C=S) groups is 1. The number of nitrogens with two attached hydrogens (primary N) is 1. The molecule has 0 aromatic heterocycles. The van der Waals surface area contributed by atoms with Crippen LogP contribution < -0.4 is 5.73 Å². The summed E-state index contributed by atoms with van der Waals surface area (Å²) in [5, 5.41) is 1.37. The Hall–Kier alpha value is -0.310. The summed E-state index contributed by atoms with van der Waals surface area (Å²) >= 11 is 16.6. The van der Waals surface area contributed by atoms with Gasteiger partial charge in [-0.05, 0) is 37.0 Å². The molecule has 1 aromatic carbocycles. The van der Waals surface area contributed by atoms with E-state index in [-0.39, 0.29) is 0 Å². The summed E-state index contributed by atoms with van der Waals surface area (Å²) in [6.45, 7) is 0. The second-order valence-corrected chi connectivity index (χ2v) is 4.42. The fourth-order valence-corrected chi connectivity index (χ4v) is 1.82. The maximum atomic E-state index is 6.00. The molecule has 76 valence electrons. The Labute approximate surface area is 99.2 Å². The summed E-state index contributed by atoms with van der Waals surface area (Å²) in [4.78, 5) is 0.551. The van der Waals surface area contributed by atoms with Crippen LogP contribution in [0.3, 0.4) is 0 Å². The fraction of sp³-hybridized carbons (Fsp3) is 0.300. The van der Waals surface area contributed by atoms with E-state index in [1.165, 1.54) is 0 Å². The zero-order chi connectivity index (χ0) is 10.6. The molecular formula is C10H11Cl2NS. The van der Waals surface area contributed by atoms with Crippen LogP contribution in [0.4, 0.5) is 0 Å². The lowest BCUT2D eigenvalue weighted by atomic mass is 10.1.